The first-order valence-electron chi connectivity index (χ1n) is 7.11. The Balaban J connectivity index is 0.000000327. The largest absolute Gasteiger partial charge is 0.497 e. The summed E-state index contributed by atoms with van der Waals surface area (Å²) in [5, 5.41) is 0. The number of methoxy groups -OCH3 is 1. The minimum absolute atomic E-state index is 0.320. The van der Waals surface area contributed by atoms with Crippen molar-refractivity contribution in [2.75, 3.05) is 19.5 Å². The molecular formula is C16H28O2S2. The van der Waals surface area contributed by atoms with Crippen LogP contribution in [-0.4, -0.2) is 30.3 Å². The Kier molecular flexibility index (Phi) is 11.2. The molecule has 1 aromatic carbocycles. The molecular weight excluding hydrogens is 288 g/mol. The fourth-order valence-corrected chi connectivity index (χ4v) is 4.69. The standard InChI is InChI=1S/C7H14OS2.C7H8O.C2H6/c1-4-8-6-5-9-10-7(6,2)3;1-8-7-5-3-2-4-6-7;1-2/h6H,4-5H2,1-3H3;2-6H,1H3;1-2H3. The van der Waals surface area contributed by atoms with E-state index in [4.69, 9.17) is 9.47 Å². The molecule has 20 heavy (non-hydrogen) atoms. The Morgan fingerprint density at radius 2 is 1.80 bits per heavy atom. The summed E-state index contributed by atoms with van der Waals surface area (Å²) in [6, 6.07) is 9.68. The molecule has 0 aliphatic carbocycles. The van der Waals surface area contributed by atoms with Gasteiger partial charge in [-0.3, -0.25) is 0 Å². The number of benzene rings is 1. The highest BCUT2D eigenvalue weighted by molar-refractivity contribution is 8.77. The van der Waals surface area contributed by atoms with E-state index >= 15 is 0 Å². The van der Waals surface area contributed by atoms with Gasteiger partial charge < -0.3 is 9.47 Å². The monoisotopic (exact) mass is 316 g/mol. The third-order valence-corrected chi connectivity index (χ3v) is 5.91. The molecule has 1 aliphatic rings. The van der Waals surface area contributed by atoms with Gasteiger partial charge in [0.15, 0.2) is 0 Å². The summed E-state index contributed by atoms with van der Waals surface area (Å²) in [7, 11) is 5.52. The van der Waals surface area contributed by atoms with E-state index in [1.165, 1.54) is 0 Å². The first-order valence-corrected chi connectivity index (χ1v) is 9.43. The van der Waals surface area contributed by atoms with Crippen molar-refractivity contribution in [1.29, 1.82) is 0 Å². The lowest BCUT2D eigenvalue weighted by molar-refractivity contribution is 0.0613. The first-order chi connectivity index (χ1) is 9.60. The second kappa shape index (κ2) is 11.4. The molecule has 1 fully saturated rings. The fourth-order valence-electron chi connectivity index (χ4n) is 1.51. The second-order valence-electron chi connectivity index (χ2n) is 4.43. The van der Waals surface area contributed by atoms with Gasteiger partial charge in [-0.15, -0.1) is 0 Å². The van der Waals surface area contributed by atoms with Crippen LogP contribution < -0.4 is 4.74 Å². The van der Waals surface area contributed by atoms with E-state index in [1.54, 1.807) is 7.11 Å². The Morgan fingerprint density at radius 1 is 1.20 bits per heavy atom. The van der Waals surface area contributed by atoms with Crippen LogP contribution in [0.1, 0.15) is 34.6 Å². The van der Waals surface area contributed by atoms with Crippen LogP contribution in [0.5, 0.6) is 5.75 Å². The van der Waals surface area contributed by atoms with Gasteiger partial charge in [0.25, 0.3) is 0 Å². The van der Waals surface area contributed by atoms with Gasteiger partial charge in [0.1, 0.15) is 5.75 Å². The zero-order valence-electron chi connectivity index (χ0n) is 13.5. The van der Waals surface area contributed by atoms with Crippen LogP contribution in [0.3, 0.4) is 0 Å². The third kappa shape index (κ3) is 7.46. The van der Waals surface area contributed by atoms with Crippen LogP contribution in [0.2, 0.25) is 0 Å². The number of rotatable bonds is 3. The molecule has 2 rings (SSSR count). The number of para-hydroxylation sites is 1. The van der Waals surface area contributed by atoms with Crippen molar-refractivity contribution < 1.29 is 9.47 Å². The van der Waals surface area contributed by atoms with Crippen LogP contribution in [0.4, 0.5) is 0 Å². The highest BCUT2D eigenvalue weighted by atomic mass is 33.1. The van der Waals surface area contributed by atoms with Crippen molar-refractivity contribution in [3.05, 3.63) is 30.3 Å². The average molecular weight is 317 g/mol. The third-order valence-electron chi connectivity index (χ3n) is 2.62. The van der Waals surface area contributed by atoms with Crippen LogP contribution in [0.15, 0.2) is 30.3 Å². The predicted octanol–water partition coefficient (Wildman–Crippen LogP) is 5.29. The maximum Gasteiger partial charge on any atom is 0.118 e. The summed E-state index contributed by atoms with van der Waals surface area (Å²) in [4.78, 5) is 0. The van der Waals surface area contributed by atoms with E-state index in [1.807, 2.05) is 65.8 Å². The summed E-state index contributed by atoms with van der Waals surface area (Å²) < 4.78 is 10.8. The van der Waals surface area contributed by atoms with Gasteiger partial charge in [-0.1, -0.05) is 53.6 Å². The van der Waals surface area contributed by atoms with E-state index in [0.29, 0.717) is 10.9 Å². The molecule has 0 saturated carbocycles. The van der Waals surface area contributed by atoms with Gasteiger partial charge in [-0.25, -0.2) is 0 Å². The molecule has 0 bridgehead atoms. The van der Waals surface area contributed by atoms with Gasteiger partial charge >= 0.3 is 0 Å². The summed E-state index contributed by atoms with van der Waals surface area (Å²) in [6.45, 7) is 11.4. The van der Waals surface area contributed by atoms with E-state index in [2.05, 4.69) is 20.8 Å². The molecule has 2 nitrogen and oxygen atoms in total. The maximum atomic E-state index is 5.58. The van der Waals surface area contributed by atoms with Crippen LogP contribution in [0, 0.1) is 0 Å². The topological polar surface area (TPSA) is 18.5 Å². The summed E-state index contributed by atoms with van der Waals surface area (Å²) in [6.07, 6.45) is 0.451. The fraction of sp³-hybridized carbons (Fsp3) is 0.625. The van der Waals surface area contributed by atoms with E-state index in [0.717, 1.165) is 18.1 Å². The van der Waals surface area contributed by atoms with E-state index in [9.17, 15) is 0 Å². The van der Waals surface area contributed by atoms with Crippen molar-refractivity contribution in [2.45, 2.75) is 45.5 Å². The average Bonchev–Trinajstić information content (AvgIpc) is 2.82. The smallest absolute Gasteiger partial charge is 0.118 e. The summed E-state index contributed by atoms with van der Waals surface area (Å²) in [5.74, 6) is 2.05. The van der Waals surface area contributed by atoms with Gasteiger partial charge in [0.05, 0.1) is 13.2 Å². The lowest BCUT2D eigenvalue weighted by Crippen LogP contribution is -2.32. The molecule has 0 radical (unpaired) electrons. The zero-order valence-corrected chi connectivity index (χ0v) is 15.1. The Labute approximate surface area is 132 Å². The quantitative estimate of drug-likeness (QED) is 0.705. The van der Waals surface area contributed by atoms with E-state index in [-0.39, 0.29) is 0 Å². The Morgan fingerprint density at radius 3 is 2.15 bits per heavy atom. The Hall–Kier alpha value is -0.320. The van der Waals surface area contributed by atoms with Gasteiger partial charge in [-0.05, 0) is 32.9 Å². The van der Waals surface area contributed by atoms with Gasteiger partial charge in [-0.2, -0.15) is 0 Å². The molecule has 1 heterocycles. The molecule has 116 valence electrons. The van der Waals surface area contributed by atoms with Gasteiger partial charge in [0.2, 0.25) is 0 Å². The molecule has 0 aromatic heterocycles. The summed E-state index contributed by atoms with van der Waals surface area (Å²) >= 11 is 0. The lowest BCUT2D eigenvalue weighted by atomic mass is 10.1. The lowest BCUT2D eigenvalue weighted by Gasteiger charge is -2.23. The molecule has 0 N–H and O–H groups in total. The molecule has 4 heteroatoms. The molecule has 1 atom stereocenters. The van der Waals surface area contributed by atoms with Crippen molar-refractivity contribution in [1.82, 2.24) is 0 Å². The normalized spacial score (nSPS) is 19.2. The SMILES string of the molecule is CC.CCOC1CSSC1(C)C.COc1ccccc1. The van der Waals surface area contributed by atoms with Crippen molar-refractivity contribution in [3.63, 3.8) is 0 Å². The van der Waals surface area contributed by atoms with Crippen LogP contribution in [-0.2, 0) is 4.74 Å². The molecule has 1 saturated heterocycles. The predicted molar refractivity (Wildman–Crippen MR) is 93.9 cm³/mol. The molecule has 0 amide bonds. The summed E-state index contributed by atoms with van der Waals surface area (Å²) in [5.41, 5.74) is 0. The molecule has 1 unspecified atom stereocenters. The zero-order chi connectivity index (χ0) is 15.4. The second-order valence-corrected chi connectivity index (χ2v) is 7.43. The number of hydrogen-bond acceptors (Lipinski definition) is 4. The molecule has 1 aromatic rings. The molecule has 0 spiro atoms. The van der Waals surface area contributed by atoms with Crippen LogP contribution >= 0.6 is 21.6 Å². The minimum atomic E-state index is 0.320. The van der Waals surface area contributed by atoms with Gasteiger partial charge in [0, 0.05) is 17.1 Å². The highest BCUT2D eigenvalue weighted by Crippen LogP contribution is 2.47. The van der Waals surface area contributed by atoms with E-state index < -0.39 is 0 Å². The van der Waals surface area contributed by atoms with Crippen molar-refractivity contribution in [3.8, 4) is 5.75 Å². The molecule has 1 aliphatic heterocycles. The van der Waals surface area contributed by atoms with Crippen LogP contribution in [0.25, 0.3) is 0 Å². The number of hydrogen-bond donors (Lipinski definition) is 0. The maximum absolute atomic E-state index is 5.58. The first kappa shape index (κ1) is 19.7. The highest BCUT2D eigenvalue weighted by Gasteiger charge is 2.36. The minimum Gasteiger partial charge on any atom is -0.497 e. The Bertz CT molecular complexity index is 329. The number of ether oxygens (including phenoxy) is 2. The van der Waals surface area contributed by atoms with Crippen molar-refractivity contribution >= 4 is 21.6 Å². The van der Waals surface area contributed by atoms with Crippen molar-refractivity contribution in [2.24, 2.45) is 0 Å².